The molecule has 1 aliphatic rings. The number of fused-ring (bicyclic) bond motifs is 1. The van der Waals surface area contributed by atoms with Crippen molar-refractivity contribution >= 4 is 0 Å². The molecule has 0 amide bonds. The fraction of sp³-hybridized carbons (Fsp3) is 0.500. The molecule has 2 N–H and O–H groups in total. The lowest BCUT2D eigenvalue weighted by Crippen LogP contribution is -2.28. The van der Waals surface area contributed by atoms with E-state index < -0.39 is 11.6 Å². The summed E-state index contributed by atoms with van der Waals surface area (Å²) in [5.74, 6) is -0.931. The van der Waals surface area contributed by atoms with Gasteiger partial charge in [0.1, 0.15) is 11.6 Å². The van der Waals surface area contributed by atoms with Gasteiger partial charge in [-0.1, -0.05) is 6.07 Å². The fourth-order valence-corrected chi connectivity index (χ4v) is 3.25. The fourth-order valence-electron chi connectivity index (χ4n) is 3.25. The van der Waals surface area contributed by atoms with E-state index in [-0.39, 0.29) is 11.6 Å². The summed E-state index contributed by atoms with van der Waals surface area (Å²) in [6.07, 6.45) is 2.06. The van der Waals surface area contributed by atoms with Crippen LogP contribution < -0.4 is 10.6 Å². The number of nitrogens with zero attached hydrogens (tertiary/aromatic N) is 2. The van der Waals surface area contributed by atoms with E-state index in [1.807, 2.05) is 18.7 Å². The third-order valence-electron chi connectivity index (χ3n) is 4.71. The molecule has 2 aromatic rings. The minimum Gasteiger partial charge on any atom is -0.312 e. The molecule has 1 aromatic heterocycles. The topological polar surface area (TPSA) is 41.9 Å². The van der Waals surface area contributed by atoms with Gasteiger partial charge in [0.05, 0.1) is 5.69 Å². The van der Waals surface area contributed by atoms with Crippen LogP contribution >= 0.6 is 0 Å². The first-order valence-corrected chi connectivity index (χ1v) is 8.47. The van der Waals surface area contributed by atoms with E-state index in [1.165, 1.54) is 29.5 Å². The predicted molar refractivity (Wildman–Crippen MR) is 89.6 cm³/mol. The van der Waals surface area contributed by atoms with Crippen molar-refractivity contribution in [2.45, 2.75) is 45.3 Å². The van der Waals surface area contributed by atoms with E-state index in [0.717, 1.165) is 25.2 Å². The van der Waals surface area contributed by atoms with Gasteiger partial charge in [0.15, 0.2) is 0 Å². The van der Waals surface area contributed by atoms with Gasteiger partial charge >= 0.3 is 0 Å². The maximum Gasteiger partial charge on any atom is 0.129 e. The number of aromatic nitrogens is 2. The molecule has 4 nitrogen and oxygen atoms in total. The molecular weight excluding hydrogens is 310 g/mol. The van der Waals surface area contributed by atoms with Gasteiger partial charge in [-0.2, -0.15) is 5.10 Å². The van der Waals surface area contributed by atoms with Crippen LogP contribution in [-0.2, 0) is 33.0 Å². The summed E-state index contributed by atoms with van der Waals surface area (Å²) in [5.41, 5.74) is 3.81. The van der Waals surface area contributed by atoms with Crippen molar-refractivity contribution in [1.82, 2.24) is 20.4 Å². The molecule has 130 valence electrons. The lowest BCUT2D eigenvalue weighted by molar-refractivity contribution is 0.487. The molecule has 0 spiro atoms. The van der Waals surface area contributed by atoms with Gasteiger partial charge in [0.2, 0.25) is 0 Å². The highest BCUT2D eigenvalue weighted by Crippen LogP contribution is 2.18. The summed E-state index contributed by atoms with van der Waals surface area (Å²) >= 11 is 0. The molecule has 0 saturated heterocycles. The number of benzene rings is 1. The van der Waals surface area contributed by atoms with E-state index >= 15 is 0 Å². The highest BCUT2D eigenvalue weighted by Gasteiger charge is 2.19. The zero-order valence-corrected chi connectivity index (χ0v) is 14.2. The van der Waals surface area contributed by atoms with E-state index in [0.29, 0.717) is 19.4 Å². The Morgan fingerprint density at radius 2 is 2.08 bits per heavy atom. The Morgan fingerprint density at radius 3 is 2.83 bits per heavy atom. The number of aryl methyl sites for hydroxylation is 1. The van der Waals surface area contributed by atoms with Crippen LogP contribution in [0, 0.1) is 11.6 Å². The first kappa shape index (κ1) is 17.0. The van der Waals surface area contributed by atoms with Crippen LogP contribution in [0.4, 0.5) is 8.78 Å². The maximum absolute atomic E-state index is 13.7. The van der Waals surface area contributed by atoms with Gasteiger partial charge in [-0.05, 0) is 31.9 Å². The Kier molecular flexibility index (Phi) is 5.26. The molecule has 1 aromatic carbocycles. The lowest BCUT2D eigenvalue weighted by Gasteiger charge is -2.16. The highest BCUT2D eigenvalue weighted by atomic mass is 19.1. The van der Waals surface area contributed by atoms with Crippen LogP contribution in [0.25, 0.3) is 0 Å². The first-order chi connectivity index (χ1) is 11.6. The number of hydrogen-bond acceptors (Lipinski definition) is 3. The molecule has 0 bridgehead atoms. The Morgan fingerprint density at radius 1 is 1.33 bits per heavy atom. The second-order valence-corrected chi connectivity index (χ2v) is 6.44. The van der Waals surface area contributed by atoms with Crippen LogP contribution in [0.5, 0.6) is 0 Å². The molecule has 0 radical (unpaired) electrons. The quantitative estimate of drug-likeness (QED) is 0.853. The van der Waals surface area contributed by atoms with Gasteiger partial charge in [-0.25, -0.2) is 8.78 Å². The number of rotatable bonds is 6. The second kappa shape index (κ2) is 7.40. The summed E-state index contributed by atoms with van der Waals surface area (Å²) in [4.78, 5) is 0. The second-order valence-electron chi connectivity index (χ2n) is 6.44. The molecule has 0 fully saturated rings. The van der Waals surface area contributed by atoms with Gasteiger partial charge < -0.3 is 10.6 Å². The number of nitrogens with one attached hydrogen (secondary N) is 2. The highest BCUT2D eigenvalue weighted by molar-refractivity contribution is 5.28. The molecule has 1 aliphatic heterocycles. The van der Waals surface area contributed by atoms with Gasteiger partial charge in [0, 0.05) is 56.0 Å². The van der Waals surface area contributed by atoms with Crippen LogP contribution in [0.15, 0.2) is 18.2 Å². The minimum atomic E-state index is -0.466. The molecule has 1 unspecified atom stereocenters. The van der Waals surface area contributed by atoms with Crippen molar-refractivity contribution in [2.75, 3.05) is 6.54 Å². The number of halogens is 2. The molecule has 0 aliphatic carbocycles. The summed E-state index contributed by atoms with van der Waals surface area (Å²) in [5, 5.41) is 11.4. The average molecular weight is 334 g/mol. The van der Waals surface area contributed by atoms with E-state index in [9.17, 15) is 8.78 Å². The smallest absolute Gasteiger partial charge is 0.129 e. The maximum atomic E-state index is 13.7. The monoisotopic (exact) mass is 334 g/mol. The van der Waals surface area contributed by atoms with Crippen molar-refractivity contribution in [3.63, 3.8) is 0 Å². The summed E-state index contributed by atoms with van der Waals surface area (Å²) in [6.45, 7) is 4.55. The normalized spacial score (nSPS) is 15.3. The van der Waals surface area contributed by atoms with Crippen LogP contribution in [0.3, 0.4) is 0 Å². The Labute approximate surface area is 141 Å². The third kappa shape index (κ3) is 3.65. The molecule has 1 atom stereocenters. The first-order valence-electron chi connectivity index (χ1n) is 8.47. The molecule has 24 heavy (non-hydrogen) atoms. The lowest BCUT2D eigenvalue weighted by atomic mass is 10.0. The van der Waals surface area contributed by atoms with E-state index in [2.05, 4.69) is 15.7 Å². The molecule has 6 heteroatoms. The number of hydrogen-bond donors (Lipinski definition) is 2. The van der Waals surface area contributed by atoms with Crippen molar-refractivity contribution in [3.8, 4) is 0 Å². The van der Waals surface area contributed by atoms with Gasteiger partial charge in [0.25, 0.3) is 0 Å². The minimum absolute atomic E-state index is 0.151. The van der Waals surface area contributed by atoms with Crippen molar-refractivity contribution in [3.05, 3.63) is 52.3 Å². The van der Waals surface area contributed by atoms with Crippen LogP contribution in [0.2, 0.25) is 0 Å². The molecule has 3 rings (SSSR count). The van der Waals surface area contributed by atoms with Crippen molar-refractivity contribution in [1.29, 1.82) is 0 Å². The van der Waals surface area contributed by atoms with Gasteiger partial charge in [-0.15, -0.1) is 0 Å². The largest absolute Gasteiger partial charge is 0.312 e. The predicted octanol–water partition coefficient (Wildman–Crippen LogP) is 2.45. The molecule has 2 heterocycles. The van der Waals surface area contributed by atoms with Crippen LogP contribution in [0.1, 0.15) is 35.9 Å². The SMILES string of the molecule is CC(CCc1c(F)cccc1F)NCc1nn(C)c2c1CNCC2. The summed E-state index contributed by atoms with van der Waals surface area (Å²) < 4.78 is 29.3. The van der Waals surface area contributed by atoms with E-state index in [4.69, 9.17) is 0 Å². The molecular formula is C18H24F2N4. The Balaban J connectivity index is 1.56. The third-order valence-corrected chi connectivity index (χ3v) is 4.71. The Hall–Kier alpha value is -1.79. The van der Waals surface area contributed by atoms with Crippen molar-refractivity contribution in [2.24, 2.45) is 7.05 Å². The van der Waals surface area contributed by atoms with Crippen molar-refractivity contribution < 1.29 is 8.78 Å². The average Bonchev–Trinajstić information content (AvgIpc) is 2.89. The molecule has 0 saturated carbocycles. The zero-order valence-electron chi connectivity index (χ0n) is 14.2. The standard InChI is InChI=1S/C18H24F2N4/c1-12(6-7-13-15(19)4-3-5-16(13)20)22-11-17-14-10-21-9-8-18(14)24(2)23-17/h3-5,12,21-22H,6-11H2,1-2H3. The summed E-state index contributed by atoms with van der Waals surface area (Å²) in [6, 6.07) is 4.17. The summed E-state index contributed by atoms with van der Waals surface area (Å²) in [7, 11) is 1.98. The van der Waals surface area contributed by atoms with E-state index in [1.54, 1.807) is 0 Å². The Bertz CT molecular complexity index is 691. The van der Waals surface area contributed by atoms with Gasteiger partial charge in [-0.3, -0.25) is 4.68 Å². The zero-order chi connectivity index (χ0) is 17.1. The van der Waals surface area contributed by atoms with Crippen LogP contribution in [-0.4, -0.2) is 22.4 Å².